The number of nitrogens with one attached hydrogen (secondary N) is 1. The Labute approximate surface area is 211 Å². The summed E-state index contributed by atoms with van der Waals surface area (Å²) in [6.07, 6.45) is 3.49. The zero-order valence-corrected chi connectivity index (χ0v) is 21.3. The minimum atomic E-state index is -3.67. The zero-order valence-electron chi connectivity index (χ0n) is 19.7. The summed E-state index contributed by atoms with van der Waals surface area (Å²) >= 11 is 6.16. The smallest absolute Gasteiger partial charge is 0.243 e. The fourth-order valence-electron chi connectivity index (χ4n) is 5.11. The molecule has 2 aromatic carbocycles. The number of rotatable bonds is 6. The zero-order chi connectivity index (χ0) is 24.7. The van der Waals surface area contributed by atoms with Crippen molar-refractivity contribution in [2.75, 3.05) is 18.0 Å². The maximum absolute atomic E-state index is 13.4. The van der Waals surface area contributed by atoms with Crippen LogP contribution in [0.5, 0.6) is 0 Å². The van der Waals surface area contributed by atoms with Gasteiger partial charge in [0.1, 0.15) is 0 Å². The fourth-order valence-corrected chi connectivity index (χ4v) is 6.83. The van der Waals surface area contributed by atoms with E-state index in [0.29, 0.717) is 43.9 Å². The molecular formula is C26H30ClN3O4S. The molecule has 186 valence electrons. The molecule has 1 saturated carbocycles. The van der Waals surface area contributed by atoms with Gasteiger partial charge < -0.3 is 10.2 Å². The first-order chi connectivity index (χ1) is 16.8. The maximum Gasteiger partial charge on any atom is 0.243 e. The molecule has 35 heavy (non-hydrogen) atoms. The van der Waals surface area contributed by atoms with Crippen molar-refractivity contribution in [1.29, 1.82) is 0 Å². The van der Waals surface area contributed by atoms with Gasteiger partial charge in [0, 0.05) is 48.2 Å². The number of fused-ring (bicyclic) bond motifs is 1. The second-order valence-corrected chi connectivity index (χ2v) is 12.2. The van der Waals surface area contributed by atoms with Crippen LogP contribution in [0.3, 0.4) is 0 Å². The van der Waals surface area contributed by atoms with Gasteiger partial charge in [-0.3, -0.25) is 9.59 Å². The second-order valence-electron chi connectivity index (χ2n) is 9.81. The van der Waals surface area contributed by atoms with E-state index < -0.39 is 10.0 Å². The van der Waals surface area contributed by atoms with Gasteiger partial charge in [0.25, 0.3) is 0 Å². The molecule has 2 aliphatic heterocycles. The molecule has 0 spiro atoms. The van der Waals surface area contributed by atoms with Crippen LogP contribution in [0.25, 0.3) is 0 Å². The molecule has 0 bridgehead atoms. The summed E-state index contributed by atoms with van der Waals surface area (Å²) in [7, 11) is -3.67. The Bertz CT molecular complexity index is 1250. The maximum atomic E-state index is 13.4. The summed E-state index contributed by atoms with van der Waals surface area (Å²) in [5, 5.41) is 3.54. The predicted molar refractivity (Wildman–Crippen MR) is 135 cm³/mol. The normalized spacial score (nSPS) is 21.1. The van der Waals surface area contributed by atoms with Crippen LogP contribution in [0.1, 0.15) is 43.7 Å². The lowest BCUT2D eigenvalue weighted by Gasteiger charge is -2.30. The number of halogens is 1. The van der Waals surface area contributed by atoms with Crippen molar-refractivity contribution >= 4 is 39.1 Å². The van der Waals surface area contributed by atoms with Crippen molar-refractivity contribution in [3.05, 3.63) is 58.6 Å². The minimum absolute atomic E-state index is 0.0380. The summed E-state index contributed by atoms with van der Waals surface area (Å²) in [6.45, 7) is 2.96. The van der Waals surface area contributed by atoms with Gasteiger partial charge in [-0.2, -0.15) is 4.31 Å². The molecule has 0 unspecified atom stereocenters. The van der Waals surface area contributed by atoms with Gasteiger partial charge in [0.05, 0.1) is 4.90 Å². The first-order valence-electron chi connectivity index (χ1n) is 12.2. The highest BCUT2D eigenvalue weighted by Gasteiger charge is 2.40. The van der Waals surface area contributed by atoms with E-state index in [9.17, 15) is 18.0 Å². The van der Waals surface area contributed by atoms with Crippen LogP contribution in [0.15, 0.2) is 47.4 Å². The number of hydrogen-bond donors (Lipinski definition) is 1. The number of carbonyl (C=O) groups excluding carboxylic acids is 2. The van der Waals surface area contributed by atoms with Crippen molar-refractivity contribution in [2.45, 2.75) is 56.5 Å². The Kier molecular flexibility index (Phi) is 6.63. The summed E-state index contributed by atoms with van der Waals surface area (Å²) in [5.74, 6) is -0.0302. The molecule has 1 aliphatic carbocycles. The lowest BCUT2D eigenvalue weighted by Crippen LogP contribution is -2.42. The number of hydrogen-bond acceptors (Lipinski definition) is 4. The van der Waals surface area contributed by atoms with Gasteiger partial charge in [-0.15, -0.1) is 0 Å². The number of carbonyl (C=O) groups is 2. The van der Waals surface area contributed by atoms with E-state index in [2.05, 4.69) is 5.32 Å². The predicted octanol–water partition coefficient (Wildman–Crippen LogP) is 3.74. The Morgan fingerprint density at radius 3 is 2.43 bits per heavy atom. The lowest BCUT2D eigenvalue weighted by molar-refractivity contribution is -0.126. The molecule has 2 aromatic rings. The molecule has 3 aliphatic rings. The molecule has 2 amide bonds. The average molecular weight is 516 g/mol. The van der Waals surface area contributed by atoms with E-state index in [1.807, 2.05) is 30.0 Å². The largest absolute Gasteiger partial charge is 0.352 e. The lowest BCUT2D eigenvalue weighted by atomic mass is 9.97. The average Bonchev–Trinajstić information content (AvgIpc) is 3.65. The Hall–Kier alpha value is -2.42. The number of nitrogens with zero attached hydrogens (tertiary/aromatic N) is 2. The van der Waals surface area contributed by atoms with E-state index in [1.165, 1.54) is 4.31 Å². The molecule has 0 radical (unpaired) electrons. The number of piperidine rings is 1. The van der Waals surface area contributed by atoms with Gasteiger partial charge in [0.15, 0.2) is 0 Å². The quantitative estimate of drug-likeness (QED) is 0.635. The summed E-state index contributed by atoms with van der Waals surface area (Å²) in [5.41, 5.74) is 2.59. The molecule has 7 nitrogen and oxygen atoms in total. The fraction of sp³-hybridized carbons (Fsp3) is 0.462. The first kappa shape index (κ1) is 24.3. The van der Waals surface area contributed by atoms with Crippen LogP contribution in [-0.4, -0.2) is 43.7 Å². The third kappa shape index (κ3) is 4.84. The molecule has 1 N–H and O–H groups in total. The number of anilines is 1. The molecule has 9 heteroatoms. The van der Waals surface area contributed by atoms with Gasteiger partial charge in [-0.05, 0) is 74.4 Å². The van der Waals surface area contributed by atoms with Crippen LogP contribution in [0, 0.1) is 11.8 Å². The van der Waals surface area contributed by atoms with E-state index >= 15 is 0 Å². The van der Waals surface area contributed by atoms with E-state index in [4.69, 9.17) is 11.6 Å². The SMILES string of the molecule is C[C@H]1Cc2cc(S(=O)(=O)N3CCC(C(=O)NCc4ccccc4Cl)CC3)ccc2N1C(=O)C1CC1. The van der Waals surface area contributed by atoms with Gasteiger partial charge in [-0.1, -0.05) is 29.8 Å². The van der Waals surface area contributed by atoms with Crippen LogP contribution < -0.4 is 10.2 Å². The molecule has 1 saturated heterocycles. The third-order valence-electron chi connectivity index (χ3n) is 7.30. The molecule has 5 rings (SSSR count). The highest BCUT2D eigenvalue weighted by molar-refractivity contribution is 7.89. The summed E-state index contributed by atoms with van der Waals surface area (Å²) < 4.78 is 28.2. The highest BCUT2D eigenvalue weighted by atomic mass is 35.5. The van der Waals surface area contributed by atoms with Gasteiger partial charge in [-0.25, -0.2) is 8.42 Å². The molecule has 2 fully saturated rings. The monoisotopic (exact) mass is 515 g/mol. The third-order valence-corrected chi connectivity index (χ3v) is 9.57. The van der Waals surface area contributed by atoms with Crippen molar-refractivity contribution < 1.29 is 18.0 Å². The molecule has 2 heterocycles. The van der Waals surface area contributed by atoms with Crippen molar-refractivity contribution in [3.63, 3.8) is 0 Å². The Balaban J connectivity index is 1.21. The number of benzene rings is 2. The van der Waals surface area contributed by atoms with E-state index in [1.54, 1.807) is 24.3 Å². The second kappa shape index (κ2) is 9.56. The highest BCUT2D eigenvalue weighted by Crippen LogP contribution is 2.40. The Morgan fingerprint density at radius 1 is 1.03 bits per heavy atom. The minimum Gasteiger partial charge on any atom is -0.352 e. The number of amides is 2. The summed E-state index contributed by atoms with van der Waals surface area (Å²) in [4.78, 5) is 27.4. The van der Waals surface area contributed by atoms with Crippen molar-refractivity contribution in [1.82, 2.24) is 9.62 Å². The van der Waals surface area contributed by atoms with E-state index in [0.717, 1.165) is 29.7 Å². The summed E-state index contributed by atoms with van der Waals surface area (Å²) in [6, 6.07) is 12.5. The van der Waals surface area contributed by atoms with E-state index in [-0.39, 0.29) is 34.6 Å². The van der Waals surface area contributed by atoms with Crippen LogP contribution >= 0.6 is 11.6 Å². The standard InChI is InChI=1S/C26H30ClN3O4S/c1-17-14-21-15-22(8-9-24(21)30(17)26(32)19-6-7-19)35(33,34)29-12-10-18(11-13-29)25(31)28-16-20-4-2-3-5-23(20)27/h2-5,8-9,15,17-19H,6-7,10-14,16H2,1H3,(H,28,31)/t17-/m0/s1. The van der Waals surface area contributed by atoms with Crippen molar-refractivity contribution in [3.8, 4) is 0 Å². The van der Waals surface area contributed by atoms with Crippen LogP contribution in [0.4, 0.5) is 5.69 Å². The number of sulfonamides is 1. The van der Waals surface area contributed by atoms with Crippen LogP contribution in [0.2, 0.25) is 5.02 Å². The van der Waals surface area contributed by atoms with Gasteiger partial charge in [0.2, 0.25) is 21.8 Å². The topological polar surface area (TPSA) is 86.8 Å². The first-order valence-corrected chi connectivity index (χ1v) is 14.0. The molecule has 0 aromatic heterocycles. The van der Waals surface area contributed by atoms with Gasteiger partial charge >= 0.3 is 0 Å². The Morgan fingerprint density at radius 2 is 1.74 bits per heavy atom. The molecule has 1 atom stereocenters. The van der Waals surface area contributed by atoms with Crippen LogP contribution in [-0.2, 0) is 32.6 Å². The van der Waals surface area contributed by atoms with Crippen molar-refractivity contribution in [2.24, 2.45) is 11.8 Å². The molecular weight excluding hydrogens is 486 g/mol.